The van der Waals surface area contributed by atoms with Crippen LogP contribution in [0.1, 0.15) is 17.9 Å². The first-order valence-electron chi connectivity index (χ1n) is 6.50. The molecule has 1 N–H and O–H groups in total. The largest absolute Gasteiger partial charge is 0.358 e. The van der Waals surface area contributed by atoms with Crippen molar-refractivity contribution in [3.63, 3.8) is 0 Å². The van der Waals surface area contributed by atoms with Crippen molar-refractivity contribution in [1.82, 2.24) is 15.0 Å². The maximum atomic E-state index is 13.2. The van der Waals surface area contributed by atoms with Crippen molar-refractivity contribution >= 4 is 26.9 Å². The molecule has 0 spiro atoms. The molecule has 1 aliphatic carbocycles. The van der Waals surface area contributed by atoms with E-state index in [0.29, 0.717) is 5.65 Å². The lowest BCUT2D eigenvalue weighted by atomic mass is 10.1. The smallest absolute Gasteiger partial charge is 0.191 e. The van der Waals surface area contributed by atoms with Gasteiger partial charge in [-0.25, -0.2) is 18.7 Å². The average molecular weight is 304 g/mol. The molecular weight excluding hydrogens is 294 g/mol. The SMILES string of the molecule is Fc1ccc([C@@H]2C[C@H]2Nc2nc3nccnc3s2)cc1F. The molecule has 2 aromatic heterocycles. The van der Waals surface area contributed by atoms with Crippen molar-refractivity contribution in [2.75, 3.05) is 5.32 Å². The molecular formula is C14H10F2N4S. The lowest BCUT2D eigenvalue weighted by Crippen LogP contribution is -2.03. The van der Waals surface area contributed by atoms with Gasteiger partial charge in [0.2, 0.25) is 0 Å². The molecule has 2 atom stereocenters. The van der Waals surface area contributed by atoms with E-state index in [-0.39, 0.29) is 12.0 Å². The van der Waals surface area contributed by atoms with Crippen LogP contribution in [0.25, 0.3) is 10.5 Å². The number of anilines is 1. The minimum absolute atomic E-state index is 0.188. The number of nitrogens with one attached hydrogen (secondary N) is 1. The molecule has 3 aromatic rings. The summed E-state index contributed by atoms with van der Waals surface area (Å²) < 4.78 is 26.2. The Kier molecular flexibility index (Phi) is 2.81. The topological polar surface area (TPSA) is 50.7 Å². The molecule has 1 aliphatic rings. The van der Waals surface area contributed by atoms with Gasteiger partial charge in [-0.3, -0.25) is 0 Å². The third kappa shape index (κ3) is 2.33. The molecule has 0 unspecified atom stereocenters. The van der Waals surface area contributed by atoms with Gasteiger partial charge >= 0.3 is 0 Å². The summed E-state index contributed by atoms with van der Waals surface area (Å²) >= 11 is 1.44. The van der Waals surface area contributed by atoms with Crippen molar-refractivity contribution in [2.45, 2.75) is 18.4 Å². The lowest BCUT2D eigenvalue weighted by Gasteiger charge is -2.02. The van der Waals surface area contributed by atoms with Gasteiger partial charge in [0.25, 0.3) is 0 Å². The summed E-state index contributed by atoms with van der Waals surface area (Å²) in [4.78, 5) is 13.5. The number of nitrogens with zero attached hydrogens (tertiary/aromatic N) is 3. The molecule has 1 aromatic carbocycles. The summed E-state index contributed by atoms with van der Waals surface area (Å²) in [5.74, 6) is -1.42. The lowest BCUT2D eigenvalue weighted by molar-refractivity contribution is 0.507. The summed E-state index contributed by atoms with van der Waals surface area (Å²) in [6, 6.07) is 4.26. The molecule has 21 heavy (non-hydrogen) atoms. The maximum absolute atomic E-state index is 13.2. The fraction of sp³-hybridized carbons (Fsp3) is 0.214. The number of thiazole rings is 1. The molecule has 0 bridgehead atoms. The Morgan fingerprint density at radius 2 is 2.00 bits per heavy atom. The van der Waals surface area contributed by atoms with E-state index in [9.17, 15) is 8.78 Å². The van der Waals surface area contributed by atoms with Crippen LogP contribution in [0.5, 0.6) is 0 Å². The second-order valence-corrected chi connectivity index (χ2v) is 5.95. The zero-order valence-electron chi connectivity index (χ0n) is 10.8. The van der Waals surface area contributed by atoms with Crippen molar-refractivity contribution in [3.8, 4) is 0 Å². The van der Waals surface area contributed by atoms with E-state index in [1.165, 1.54) is 23.5 Å². The molecule has 0 amide bonds. The van der Waals surface area contributed by atoms with Crippen molar-refractivity contribution in [3.05, 3.63) is 47.8 Å². The van der Waals surface area contributed by atoms with Gasteiger partial charge in [-0.1, -0.05) is 17.4 Å². The predicted molar refractivity (Wildman–Crippen MR) is 76.3 cm³/mol. The highest BCUT2D eigenvalue weighted by atomic mass is 32.1. The van der Waals surface area contributed by atoms with Gasteiger partial charge in [-0.05, 0) is 24.1 Å². The highest BCUT2D eigenvalue weighted by Crippen LogP contribution is 2.43. The Morgan fingerprint density at radius 3 is 2.81 bits per heavy atom. The van der Waals surface area contributed by atoms with E-state index in [4.69, 9.17) is 0 Å². The molecule has 1 fully saturated rings. The standard InChI is InChI=1S/C14H10F2N4S/c15-9-2-1-7(5-10(9)16)8-6-11(8)19-14-20-12-13(21-14)18-4-3-17-12/h1-5,8,11H,6H2,(H,17,19,20)/t8-,11+/m0/s1. The van der Waals surface area contributed by atoms with E-state index >= 15 is 0 Å². The van der Waals surface area contributed by atoms with Gasteiger partial charge in [0, 0.05) is 24.4 Å². The second-order valence-electron chi connectivity index (χ2n) is 4.97. The zero-order chi connectivity index (χ0) is 14.4. The molecule has 106 valence electrons. The Balaban J connectivity index is 1.50. The predicted octanol–water partition coefficient (Wildman–Crippen LogP) is 3.33. The van der Waals surface area contributed by atoms with Gasteiger partial charge in [0.1, 0.15) is 0 Å². The van der Waals surface area contributed by atoms with E-state index in [1.807, 2.05) is 0 Å². The summed E-state index contributed by atoms with van der Waals surface area (Å²) in [6.45, 7) is 0. The number of benzene rings is 1. The highest BCUT2D eigenvalue weighted by molar-refractivity contribution is 7.21. The Hall–Kier alpha value is -2.15. The molecule has 4 nitrogen and oxygen atoms in total. The third-order valence-corrected chi connectivity index (χ3v) is 4.40. The minimum Gasteiger partial charge on any atom is -0.358 e. The summed E-state index contributed by atoms with van der Waals surface area (Å²) in [7, 11) is 0. The van der Waals surface area contributed by atoms with Crippen LogP contribution in [0.3, 0.4) is 0 Å². The van der Waals surface area contributed by atoms with Gasteiger partial charge in [0.15, 0.2) is 27.2 Å². The maximum Gasteiger partial charge on any atom is 0.191 e. The van der Waals surface area contributed by atoms with Crippen LogP contribution in [-0.4, -0.2) is 21.0 Å². The van der Waals surface area contributed by atoms with E-state index in [1.54, 1.807) is 18.5 Å². The van der Waals surface area contributed by atoms with Crippen molar-refractivity contribution in [2.24, 2.45) is 0 Å². The number of hydrogen-bond acceptors (Lipinski definition) is 5. The van der Waals surface area contributed by atoms with Crippen LogP contribution in [0.15, 0.2) is 30.6 Å². The van der Waals surface area contributed by atoms with Crippen molar-refractivity contribution in [1.29, 1.82) is 0 Å². The molecule has 4 rings (SSSR count). The molecule has 7 heteroatoms. The molecule has 0 radical (unpaired) electrons. The van der Waals surface area contributed by atoms with Crippen LogP contribution >= 0.6 is 11.3 Å². The highest BCUT2D eigenvalue weighted by Gasteiger charge is 2.39. The fourth-order valence-electron chi connectivity index (χ4n) is 2.36. The van der Waals surface area contributed by atoms with Gasteiger partial charge in [0.05, 0.1) is 0 Å². The molecule has 1 saturated carbocycles. The zero-order valence-corrected chi connectivity index (χ0v) is 11.6. The van der Waals surface area contributed by atoms with Crippen LogP contribution in [0, 0.1) is 11.6 Å². The van der Waals surface area contributed by atoms with Crippen LogP contribution in [-0.2, 0) is 0 Å². The van der Waals surface area contributed by atoms with Gasteiger partial charge < -0.3 is 5.32 Å². The second kappa shape index (κ2) is 4.70. The first-order chi connectivity index (χ1) is 10.2. The first kappa shape index (κ1) is 12.6. The Morgan fingerprint density at radius 1 is 1.14 bits per heavy atom. The van der Waals surface area contributed by atoms with Crippen LogP contribution in [0.4, 0.5) is 13.9 Å². The number of aromatic nitrogens is 3. The third-order valence-electron chi connectivity index (χ3n) is 3.52. The van der Waals surface area contributed by atoms with Crippen LogP contribution < -0.4 is 5.32 Å². The Bertz CT molecular complexity index is 787. The Labute approximate surface area is 122 Å². The molecule has 2 heterocycles. The number of fused-ring (bicyclic) bond motifs is 1. The molecule has 0 aliphatic heterocycles. The van der Waals surface area contributed by atoms with Crippen molar-refractivity contribution < 1.29 is 8.78 Å². The normalized spacial score (nSPS) is 20.7. The first-order valence-corrected chi connectivity index (χ1v) is 7.31. The van der Waals surface area contributed by atoms with E-state index in [2.05, 4.69) is 20.3 Å². The average Bonchev–Trinajstić information content (AvgIpc) is 3.10. The van der Waals surface area contributed by atoms with Gasteiger partial charge in [-0.2, -0.15) is 4.98 Å². The van der Waals surface area contributed by atoms with E-state index < -0.39 is 11.6 Å². The summed E-state index contributed by atoms with van der Waals surface area (Å²) in [5.41, 5.74) is 1.43. The monoisotopic (exact) mass is 304 g/mol. The summed E-state index contributed by atoms with van der Waals surface area (Å²) in [6.07, 6.45) is 4.11. The number of rotatable bonds is 3. The number of halogens is 2. The molecule has 0 saturated heterocycles. The minimum atomic E-state index is -0.813. The number of hydrogen-bond donors (Lipinski definition) is 1. The summed E-state index contributed by atoms with van der Waals surface area (Å²) in [5, 5.41) is 4.05. The quantitative estimate of drug-likeness (QED) is 0.806. The fourth-order valence-corrected chi connectivity index (χ4v) is 3.19. The van der Waals surface area contributed by atoms with Crippen LogP contribution in [0.2, 0.25) is 0 Å². The van der Waals surface area contributed by atoms with Gasteiger partial charge in [-0.15, -0.1) is 0 Å². The van der Waals surface area contributed by atoms with E-state index in [0.717, 1.165) is 21.9 Å².